The third-order valence-corrected chi connectivity index (χ3v) is 8.06. The number of guanidine groups is 1. The van der Waals surface area contributed by atoms with Crippen LogP contribution in [0.3, 0.4) is 0 Å². The summed E-state index contributed by atoms with van der Waals surface area (Å²) in [5, 5.41) is 3.67. The van der Waals surface area contributed by atoms with Crippen LogP contribution in [0.15, 0.2) is 41.1 Å². The molecule has 0 aliphatic carbocycles. The Morgan fingerprint density at radius 1 is 1.25 bits per heavy atom. The summed E-state index contributed by atoms with van der Waals surface area (Å²) in [6, 6.07) is 4.54. The maximum atomic E-state index is 6.61. The first-order chi connectivity index (χ1) is 17.4. The van der Waals surface area contributed by atoms with E-state index < -0.39 is 5.79 Å². The quantitative estimate of drug-likeness (QED) is 0.422. The van der Waals surface area contributed by atoms with Crippen molar-refractivity contribution in [3.8, 4) is 0 Å². The van der Waals surface area contributed by atoms with Gasteiger partial charge in [-0.1, -0.05) is 26.0 Å². The number of anilines is 1. The second kappa shape index (κ2) is 10.2. The van der Waals surface area contributed by atoms with Crippen LogP contribution in [-0.4, -0.2) is 69.5 Å². The Morgan fingerprint density at radius 2 is 2.08 bits per heavy atom. The molecule has 10 nitrogen and oxygen atoms in total. The van der Waals surface area contributed by atoms with Crippen LogP contribution >= 0.6 is 11.3 Å². The zero-order valence-electron chi connectivity index (χ0n) is 21.1. The molecule has 1 fully saturated rings. The summed E-state index contributed by atoms with van der Waals surface area (Å²) < 4.78 is 0.921. The summed E-state index contributed by atoms with van der Waals surface area (Å²) in [4.78, 5) is 23.0. The number of pyridine rings is 1. The second-order valence-electron chi connectivity index (χ2n) is 9.27. The monoisotopic (exact) mass is 506 g/mol. The Labute approximate surface area is 215 Å². The minimum Gasteiger partial charge on any atom is -0.368 e. The van der Waals surface area contributed by atoms with Crippen LogP contribution in [0.25, 0.3) is 16.3 Å². The number of nitrogens with two attached hydrogens (primary N) is 2. The minimum absolute atomic E-state index is 0.237. The summed E-state index contributed by atoms with van der Waals surface area (Å²) in [5.41, 5.74) is 19.6. The van der Waals surface area contributed by atoms with Crippen LogP contribution in [0.5, 0.6) is 0 Å². The van der Waals surface area contributed by atoms with Gasteiger partial charge in [-0.15, -0.1) is 11.3 Å². The van der Waals surface area contributed by atoms with E-state index in [0.29, 0.717) is 17.4 Å². The van der Waals surface area contributed by atoms with Crippen molar-refractivity contribution < 1.29 is 0 Å². The number of rotatable bonds is 8. The molecule has 0 aromatic carbocycles. The number of thiophene rings is 1. The van der Waals surface area contributed by atoms with Gasteiger partial charge < -0.3 is 5.73 Å². The molecule has 0 saturated carbocycles. The van der Waals surface area contributed by atoms with Gasteiger partial charge in [0.2, 0.25) is 11.7 Å². The number of fused-ring (bicyclic) bond motifs is 1. The lowest BCUT2D eigenvalue weighted by Gasteiger charge is -2.26. The summed E-state index contributed by atoms with van der Waals surface area (Å²) in [6.45, 7) is 11.9. The Morgan fingerprint density at radius 3 is 2.83 bits per heavy atom. The van der Waals surface area contributed by atoms with Crippen molar-refractivity contribution in [3.05, 3.63) is 52.9 Å². The van der Waals surface area contributed by atoms with Crippen LogP contribution in [0.2, 0.25) is 0 Å². The van der Waals surface area contributed by atoms with Gasteiger partial charge in [-0.3, -0.25) is 20.5 Å². The van der Waals surface area contributed by atoms with Crippen LogP contribution < -0.4 is 21.9 Å². The number of aromatic nitrogens is 3. The highest BCUT2D eigenvalue weighted by molar-refractivity contribution is 7.18. The van der Waals surface area contributed by atoms with E-state index in [4.69, 9.17) is 11.5 Å². The second-order valence-corrected chi connectivity index (χ2v) is 10.2. The number of likely N-dealkylation sites (N-methyl/N-ethyl adjacent to an activating group) is 1. The first kappa shape index (κ1) is 24.7. The van der Waals surface area contributed by atoms with E-state index in [1.54, 1.807) is 22.5 Å². The van der Waals surface area contributed by atoms with E-state index in [9.17, 15) is 0 Å². The fourth-order valence-electron chi connectivity index (χ4n) is 4.96. The van der Waals surface area contributed by atoms with Crippen LogP contribution in [0.1, 0.15) is 37.1 Å². The van der Waals surface area contributed by atoms with Crippen molar-refractivity contribution in [1.29, 1.82) is 0 Å². The van der Waals surface area contributed by atoms with Crippen molar-refractivity contribution in [1.82, 2.24) is 30.2 Å². The SMILES string of the molecule is CCN(CC)C1CCN(C/C=C/c2ccc(C3(N)N=C(N)N(c4ncnc5c(C)csc45)N3)cn2)C1. The highest BCUT2D eigenvalue weighted by atomic mass is 32.1. The predicted octanol–water partition coefficient (Wildman–Crippen LogP) is 2.23. The van der Waals surface area contributed by atoms with Gasteiger partial charge in [-0.05, 0) is 49.5 Å². The summed E-state index contributed by atoms with van der Waals surface area (Å²) in [5.74, 6) is -0.372. The van der Waals surface area contributed by atoms with Crippen LogP contribution in [0.4, 0.5) is 5.82 Å². The highest BCUT2D eigenvalue weighted by Crippen LogP contribution is 2.33. The Hall–Kier alpha value is -2.96. The van der Waals surface area contributed by atoms with Gasteiger partial charge in [0.25, 0.3) is 0 Å². The van der Waals surface area contributed by atoms with Crippen molar-refractivity contribution in [2.24, 2.45) is 16.5 Å². The van der Waals surface area contributed by atoms with E-state index in [1.165, 1.54) is 12.7 Å². The third kappa shape index (κ3) is 4.72. The third-order valence-electron chi connectivity index (χ3n) is 6.98. The predicted molar refractivity (Wildman–Crippen MR) is 146 cm³/mol. The molecule has 5 N–H and O–H groups in total. The number of aryl methyl sites for hydroxylation is 1. The van der Waals surface area contributed by atoms with E-state index in [1.807, 2.05) is 24.4 Å². The van der Waals surface area contributed by atoms with Crippen LogP contribution in [-0.2, 0) is 5.79 Å². The molecule has 3 aromatic rings. The van der Waals surface area contributed by atoms with Crippen molar-refractivity contribution in [2.75, 3.05) is 37.7 Å². The number of nitrogens with zero attached hydrogens (tertiary/aromatic N) is 7. The first-order valence-electron chi connectivity index (χ1n) is 12.4. The number of nitrogens with one attached hydrogen (secondary N) is 1. The Balaban J connectivity index is 1.23. The number of aliphatic imine (C=N–C) groups is 1. The molecule has 0 amide bonds. The van der Waals surface area contributed by atoms with E-state index >= 15 is 0 Å². The fourth-order valence-corrected chi connectivity index (χ4v) is 5.94. The summed E-state index contributed by atoms with van der Waals surface area (Å²) in [7, 11) is 0. The molecule has 0 spiro atoms. The van der Waals surface area contributed by atoms with Gasteiger partial charge in [-0.2, -0.15) is 5.43 Å². The first-order valence-corrected chi connectivity index (χ1v) is 13.3. The molecule has 2 unspecified atom stereocenters. The van der Waals surface area contributed by atoms with Crippen molar-refractivity contribution in [3.63, 3.8) is 0 Å². The molecule has 5 rings (SSSR count). The van der Waals surface area contributed by atoms with Gasteiger partial charge in [0.1, 0.15) is 6.33 Å². The van der Waals surface area contributed by atoms with Gasteiger partial charge in [0.05, 0.1) is 15.9 Å². The average Bonchev–Trinajstić information content (AvgIpc) is 3.58. The zero-order valence-corrected chi connectivity index (χ0v) is 21.9. The largest absolute Gasteiger partial charge is 0.368 e. The van der Waals surface area contributed by atoms with Crippen LogP contribution in [0, 0.1) is 6.92 Å². The Bertz CT molecular complexity index is 1270. The fraction of sp³-hybridized carbons (Fsp3) is 0.440. The lowest BCUT2D eigenvalue weighted by molar-refractivity contribution is 0.215. The average molecular weight is 507 g/mol. The van der Waals surface area contributed by atoms with Crippen molar-refractivity contribution in [2.45, 2.75) is 39.0 Å². The van der Waals surface area contributed by atoms with Gasteiger partial charge >= 0.3 is 0 Å². The molecular weight excluding hydrogens is 472 g/mol. The van der Waals surface area contributed by atoms with Gasteiger partial charge in [0.15, 0.2) is 5.82 Å². The topological polar surface area (TPSA) is 125 Å². The van der Waals surface area contributed by atoms with E-state index in [2.05, 4.69) is 61.2 Å². The summed E-state index contributed by atoms with van der Waals surface area (Å²) >= 11 is 1.56. The highest BCUT2D eigenvalue weighted by Gasteiger charge is 2.38. The lowest BCUT2D eigenvalue weighted by Crippen LogP contribution is -2.53. The molecule has 3 aromatic heterocycles. The molecule has 2 atom stereocenters. The molecular formula is C25H34N10S. The molecule has 0 bridgehead atoms. The molecule has 190 valence electrons. The smallest absolute Gasteiger partial charge is 0.215 e. The van der Waals surface area contributed by atoms with Gasteiger partial charge in [-0.25, -0.2) is 20.0 Å². The number of hydrazine groups is 1. The summed E-state index contributed by atoms with van der Waals surface area (Å²) in [6.07, 6.45) is 8.74. The Kier molecular flexibility index (Phi) is 7.00. The normalized spacial score (nSPS) is 23.0. The van der Waals surface area contributed by atoms with E-state index in [0.717, 1.165) is 54.2 Å². The minimum atomic E-state index is -1.24. The number of likely N-dealkylation sites (tertiary alicyclic amines) is 1. The molecule has 2 aliphatic rings. The number of hydrogen-bond donors (Lipinski definition) is 3. The van der Waals surface area contributed by atoms with E-state index in [-0.39, 0.29) is 5.96 Å². The number of hydrogen-bond acceptors (Lipinski definition) is 11. The zero-order chi connectivity index (χ0) is 25.3. The molecule has 0 radical (unpaired) electrons. The maximum absolute atomic E-state index is 6.61. The van der Waals surface area contributed by atoms with Crippen molar-refractivity contribution >= 4 is 39.4 Å². The maximum Gasteiger partial charge on any atom is 0.215 e. The molecule has 36 heavy (non-hydrogen) atoms. The molecule has 11 heteroatoms. The standard InChI is InChI=1S/C25H34N10S/c1-4-34(5-2)20-10-12-33(14-20)11-6-7-19-9-8-18(13-28-19)25(27)31-24(26)35(32-25)23-22-21(29-16-30-23)17(3)15-36-22/h6-9,13,15-16,20,32H,4-5,10-12,14,27H2,1-3H3,(H2,26,31)/b7-6+. The molecule has 2 aliphatic heterocycles. The van der Waals surface area contributed by atoms with Gasteiger partial charge in [0, 0.05) is 37.4 Å². The lowest BCUT2D eigenvalue weighted by atomic mass is 10.1. The molecule has 5 heterocycles. The molecule has 1 saturated heterocycles.